The molecule has 0 bridgehead atoms. The summed E-state index contributed by atoms with van der Waals surface area (Å²) in [5.74, 6) is -0.379. The molecule has 0 radical (unpaired) electrons. The maximum atomic E-state index is 12.5. The van der Waals surface area contributed by atoms with E-state index in [1.807, 2.05) is 4.90 Å². The summed E-state index contributed by atoms with van der Waals surface area (Å²) >= 11 is 0. The van der Waals surface area contributed by atoms with Gasteiger partial charge < -0.3 is 20.1 Å². The summed E-state index contributed by atoms with van der Waals surface area (Å²) in [7, 11) is 0. The van der Waals surface area contributed by atoms with Crippen molar-refractivity contribution in [3.63, 3.8) is 0 Å². The second kappa shape index (κ2) is 7.84. The standard InChI is InChI=1S/C19H26N6O4/c26-15-1-3-19(12-24(15)6-2-14-9-20-13-22-14)4-7-23(8-5-19)17(28)11-25-16(27)10-21-18(25)29/h9,13H,1-8,10-12H2,(H,20,22)(H,21,29). The first kappa shape index (κ1) is 19.4. The Bertz CT molecular complexity index is 784. The van der Waals surface area contributed by atoms with E-state index < -0.39 is 6.03 Å². The third-order valence-corrected chi connectivity index (χ3v) is 6.36. The van der Waals surface area contributed by atoms with Gasteiger partial charge in [0, 0.05) is 50.9 Å². The minimum atomic E-state index is -0.504. The third kappa shape index (κ3) is 4.10. The number of aromatic amines is 1. The van der Waals surface area contributed by atoms with E-state index in [4.69, 9.17) is 0 Å². The molecule has 4 heterocycles. The number of imidazole rings is 1. The molecule has 3 saturated heterocycles. The maximum Gasteiger partial charge on any atom is 0.325 e. The number of rotatable bonds is 5. The van der Waals surface area contributed by atoms with Crippen LogP contribution in [0.2, 0.25) is 0 Å². The third-order valence-electron chi connectivity index (χ3n) is 6.36. The van der Waals surface area contributed by atoms with Gasteiger partial charge in [0.15, 0.2) is 0 Å². The first-order valence-corrected chi connectivity index (χ1v) is 10.1. The van der Waals surface area contributed by atoms with E-state index in [2.05, 4.69) is 15.3 Å². The highest BCUT2D eigenvalue weighted by molar-refractivity contribution is 6.04. The van der Waals surface area contributed by atoms with Gasteiger partial charge in [-0.2, -0.15) is 0 Å². The number of carbonyl (C=O) groups is 4. The monoisotopic (exact) mass is 402 g/mol. The molecule has 2 N–H and O–H groups in total. The fourth-order valence-corrected chi connectivity index (χ4v) is 4.47. The molecule has 1 aromatic heterocycles. The number of nitrogens with one attached hydrogen (secondary N) is 2. The van der Waals surface area contributed by atoms with Crippen molar-refractivity contribution in [3.05, 3.63) is 18.2 Å². The molecule has 0 unspecified atom stereocenters. The molecule has 10 heteroatoms. The van der Waals surface area contributed by atoms with Crippen LogP contribution in [0.15, 0.2) is 12.5 Å². The molecule has 156 valence electrons. The van der Waals surface area contributed by atoms with Crippen molar-refractivity contribution in [1.29, 1.82) is 0 Å². The number of nitrogens with zero attached hydrogens (tertiary/aromatic N) is 4. The average Bonchev–Trinajstić information content (AvgIpc) is 3.35. The molecule has 0 aromatic carbocycles. The molecule has 3 aliphatic heterocycles. The van der Waals surface area contributed by atoms with Gasteiger partial charge in [-0.1, -0.05) is 0 Å². The second-order valence-corrected chi connectivity index (χ2v) is 8.16. The molecule has 0 aliphatic carbocycles. The highest BCUT2D eigenvalue weighted by Crippen LogP contribution is 2.40. The predicted octanol–water partition coefficient (Wildman–Crippen LogP) is -0.265. The lowest BCUT2D eigenvalue weighted by atomic mass is 9.72. The number of piperidine rings is 2. The Labute approximate surface area is 168 Å². The number of aromatic nitrogens is 2. The molecule has 29 heavy (non-hydrogen) atoms. The van der Waals surface area contributed by atoms with Crippen molar-refractivity contribution in [2.75, 3.05) is 39.3 Å². The van der Waals surface area contributed by atoms with Crippen LogP contribution in [0.4, 0.5) is 4.79 Å². The Morgan fingerprint density at radius 3 is 2.59 bits per heavy atom. The van der Waals surface area contributed by atoms with Crippen molar-refractivity contribution in [2.45, 2.75) is 32.1 Å². The zero-order valence-corrected chi connectivity index (χ0v) is 16.4. The molecule has 1 spiro atoms. The smallest absolute Gasteiger partial charge is 0.325 e. The van der Waals surface area contributed by atoms with Gasteiger partial charge in [-0.25, -0.2) is 9.78 Å². The SMILES string of the molecule is O=C(CN1C(=O)CNC1=O)N1CCC2(CCC(=O)N(CCc3cnc[nH]3)C2)CC1. The molecule has 1 aromatic rings. The van der Waals surface area contributed by atoms with E-state index in [0.29, 0.717) is 26.1 Å². The summed E-state index contributed by atoms with van der Waals surface area (Å²) in [5.41, 5.74) is 1.05. The number of H-pyrrole nitrogens is 1. The van der Waals surface area contributed by atoms with Crippen LogP contribution >= 0.6 is 0 Å². The molecule has 0 saturated carbocycles. The van der Waals surface area contributed by atoms with Gasteiger partial charge in [0.25, 0.3) is 5.91 Å². The van der Waals surface area contributed by atoms with Gasteiger partial charge in [0.05, 0.1) is 12.9 Å². The highest BCUT2D eigenvalue weighted by atomic mass is 16.2. The highest BCUT2D eigenvalue weighted by Gasteiger charge is 2.42. The van der Waals surface area contributed by atoms with Crippen LogP contribution in [0.5, 0.6) is 0 Å². The van der Waals surface area contributed by atoms with Gasteiger partial charge in [-0.3, -0.25) is 19.3 Å². The van der Waals surface area contributed by atoms with Crippen LogP contribution in [-0.4, -0.2) is 87.7 Å². The Morgan fingerprint density at radius 2 is 1.93 bits per heavy atom. The van der Waals surface area contributed by atoms with E-state index in [9.17, 15) is 19.2 Å². The molecule has 3 aliphatic rings. The number of urea groups is 1. The number of hydrogen-bond donors (Lipinski definition) is 2. The van der Waals surface area contributed by atoms with Crippen molar-refractivity contribution >= 4 is 23.8 Å². The van der Waals surface area contributed by atoms with E-state index in [1.165, 1.54) is 0 Å². The van der Waals surface area contributed by atoms with E-state index in [0.717, 1.165) is 42.8 Å². The summed E-state index contributed by atoms with van der Waals surface area (Å²) in [5, 5.41) is 2.43. The van der Waals surface area contributed by atoms with E-state index >= 15 is 0 Å². The first-order chi connectivity index (χ1) is 14.0. The Balaban J connectivity index is 1.30. The second-order valence-electron chi connectivity index (χ2n) is 8.16. The summed E-state index contributed by atoms with van der Waals surface area (Å²) in [6, 6.07) is -0.504. The maximum absolute atomic E-state index is 12.5. The summed E-state index contributed by atoms with van der Waals surface area (Å²) in [6.07, 6.45) is 7.21. The van der Waals surface area contributed by atoms with E-state index in [1.54, 1.807) is 17.4 Å². The minimum Gasteiger partial charge on any atom is -0.348 e. The Morgan fingerprint density at radius 1 is 1.14 bits per heavy atom. The van der Waals surface area contributed by atoms with Crippen molar-refractivity contribution in [3.8, 4) is 0 Å². The quantitative estimate of drug-likeness (QED) is 0.658. The Hall–Kier alpha value is -2.91. The van der Waals surface area contributed by atoms with Crippen LogP contribution in [0.1, 0.15) is 31.4 Å². The fourth-order valence-electron chi connectivity index (χ4n) is 4.47. The van der Waals surface area contributed by atoms with Crippen molar-refractivity contribution < 1.29 is 19.2 Å². The first-order valence-electron chi connectivity index (χ1n) is 10.1. The predicted molar refractivity (Wildman–Crippen MR) is 101 cm³/mol. The number of imide groups is 1. The van der Waals surface area contributed by atoms with Gasteiger partial charge in [-0.05, 0) is 24.7 Å². The lowest BCUT2D eigenvalue weighted by molar-refractivity contribution is -0.143. The lowest BCUT2D eigenvalue weighted by Crippen LogP contribution is -2.54. The number of hydrogen-bond acceptors (Lipinski definition) is 5. The largest absolute Gasteiger partial charge is 0.348 e. The van der Waals surface area contributed by atoms with E-state index in [-0.39, 0.29) is 36.2 Å². The topological polar surface area (TPSA) is 119 Å². The van der Waals surface area contributed by atoms with Crippen LogP contribution in [-0.2, 0) is 20.8 Å². The molecule has 4 rings (SSSR count). The van der Waals surface area contributed by atoms with Gasteiger partial charge in [-0.15, -0.1) is 0 Å². The van der Waals surface area contributed by atoms with Crippen molar-refractivity contribution in [2.24, 2.45) is 5.41 Å². The van der Waals surface area contributed by atoms with Crippen LogP contribution in [0.3, 0.4) is 0 Å². The molecule has 0 atom stereocenters. The van der Waals surface area contributed by atoms with Gasteiger partial charge in [0.2, 0.25) is 11.8 Å². The lowest BCUT2D eigenvalue weighted by Gasteiger charge is -2.47. The number of likely N-dealkylation sites (tertiary alicyclic amines) is 2. The molecule has 10 nitrogen and oxygen atoms in total. The van der Waals surface area contributed by atoms with Crippen LogP contribution in [0.25, 0.3) is 0 Å². The molecule has 5 amide bonds. The van der Waals surface area contributed by atoms with Gasteiger partial charge in [0.1, 0.15) is 6.54 Å². The number of carbonyl (C=O) groups excluding carboxylic acids is 4. The fraction of sp³-hybridized carbons (Fsp3) is 0.632. The summed E-state index contributed by atoms with van der Waals surface area (Å²) in [6.45, 7) is 2.31. The summed E-state index contributed by atoms with van der Waals surface area (Å²) in [4.78, 5) is 60.0. The summed E-state index contributed by atoms with van der Waals surface area (Å²) < 4.78 is 0. The zero-order chi connectivity index (χ0) is 20.4. The average molecular weight is 402 g/mol. The molecule has 3 fully saturated rings. The zero-order valence-electron chi connectivity index (χ0n) is 16.4. The molecular weight excluding hydrogens is 376 g/mol. The number of amides is 5. The van der Waals surface area contributed by atoms with Crippen LogP contribution < -0.4 is 5.32 Å². The normalized spacial score (nSPS) is 21.8. The van der Waals surface area contributed by atoms with Gasteiger partial charge >= 0.3 is 6.03 Å². The molecular formula is C19H26N6O4. The Kier molecular flexibility index (Phi) is 5.25. The minimum absolute atomic E-state index is 0.0412. The van der Waals surface area contributed by atoms with Crippen molar-refractivity contribution in [1.82, 2.24) is 30.0 Å². The van der Waals surface area contributed by atoms with Crippen LogP contribution in [0, 0.1) is 5.41 Å².